The van der Waals surface area contributed by atoms with Crippen LogP contribution >= 0.6 is 0 Å². The number of hydrogen-bond acceptors (Lipinski definition) is 3. The molecule has 4 unspecified atom stereocenters. The summed E-state index contributed by atoms with van der Waals surface area (Å²) in [5, 5.41) is 12.0. The minimum absolute atomic E-state index is 0.0236. The average Bonchev–Trinajstić information content (AvgIpc) is 2.93. The molecular weight excluding hydrogens is 248 g/mol. The smallest absolute Gasteiger partial charge is 0.318 e. The van der Waals surface area contributed by atoms with Gasteiger partial charge in [0.2, 0.25) is 0 Å². The summed E-state index contributed by atoms with van der Waals surface area (Å²) in [6, 6.07) is -0.193. The van der Waals surface area contributed by atoms with E-state index in [0.29, 0.717) is 19.6 Å². The Morgan fingerprint density at radius 2 is 2.21 bits per heavy atom. The largest absolute Gasteiger partial charge is 0.481 e. The molecule has 4 atom stereocenters. The highest BCUT2D eigenvalue weighted by atomic mass is 16.5. The Bertz CT molecular complexity index is 361. The standard InChI is InChI=1S/C13H22N2O4/c1-3-19-8(2)7-14-13(18)15-9-4-5-11(15)10(6-9)12(16)17/h8-11H,3-7H2,1-2H3,(H,14,18)(H,16,17). The number of nitrogens with one attached hydrogen (secondary N) is 1. The van der Waals surface area contributed by atoms with E-state index in [1.807, 2.05) is 13.8 Å². The monoisotopic (exact) mass is 270 g/mol. The van der Waals surface area contributed by atoms with Gasteiger partial charge in [0.1, 0.15) is 0 Å². The molecule has 2 aliphatic heterocycles. The summed E-state index contributed by atoms with van der Waals surface area (Å²) in [7, 11) is 0. The van der Waals surface area contributed by atoms with Gasteiger partial charge in [0.15, 0.2) is 0 Å². The molecule has 0 aromatic heterocycles. The van der Waals surface area contributed by atoms with Crippen LogP contribution < -0.4 is 5.32 Å². The van der Waals surface area contributed by atoms with Crippen molar-refractivity contribution in [3.05, 3.63) is 0 Å². The van der Waals surface area contributed by atoms with Crippen molar-refractivity contribution in [1.29, 1.82) is 0 Å². The van der Waals surface area contributed by atoms with Gasteiger partial charge in [-0.3, -0.25) is 4.79 Å². The third kappa shape index (κ3) is 2.83. The summed E-state index contributed by atoms with van der Waals surface area (Å²) in [4.78, 5) is 25.0. The van der Waals surface area contributed by atoms with E-state index in [4.69, 9.17) is 9.84 Å². The summed E-state index contributed by atoms with van der Waals surface area (Å²) in [6.45, 7) is 4.90. The first kappa shape index (κ1) is 14.1. The molecule has 0 aromatic rings. The molecule has 2 N–H and O–H groups in total. The molecule has 19 heavy (non-hydrogen) atoms. The number of hydrogen-bond donors (Lipinski definition) is 2. The summed E-state index contributed by atoms with van der Waals surface area (Å²) in [5.41, 5.74) is 0. The van der Waals surface area contributed by atoms with Gasteiger partial charge in [0.05, 0.1) is 12.0 Å². The minimum atomic E-state index is -0.785. The number of carboxylic acids is 1. The molecule has 2 rings (SSSR count). The van der Waals surface area contributed by atoms with Crippen LogP contribution in [0.4, 0.5) is 4.79 Å². The lowest BCUT2D eigenvalue weighted by Crippen LogP contribution is -2.46. The van der Waals surface area contributed by atoms with Gasteiger partial charge in [-0.2, -0.15) is 0 Å². The topological polar surface area (TPSA) is 78.9 Å². The van der Waals surface area contributed by atoms with Crippen LogP contribution in [-0.4, -0.2) is 53.3 Å². The highest BCUT2D eigenvalue weighted by Crippen LogP contribution is 2.41. The number of carbonyl (C=O) groups excluding carboxylic acids is 1. The number of rotatable bonds is 5. The van der Waals surface area contributed by atoms with E-state index in [0.717, 1.165) is 12.8 Å². The Hall–Kier alpha value is -1.30. The van der Waals surface area contributed by atoms with E-state index >= 15 is 0 Å². The van der Waals surface area contributed by atoms with E-state index in [1.165, 1.54) is 0 Å². The molecule has 2 saturated heterocycles. The zero-order chi connectivity index (χ0) is 14.0. The third-order valence-corrected chi connectivity index (χ3v) is 4.08. The third-order valence-electron chi connectivity index (χ3n) is 4.08. The van der Waals surface area contributed by atoms with Gasteiger partial charge in [0, 0.05) is 25.2 Å². The molecule has 2 fully saturated rings. The Kier molecular flexibility index (Phi) is 4.29. The molecule has 108 valence electrons. The molecule has 2 heterocycles. The molecule has 6 nitrogen and oxygen atoms in total. The van der Waals surface area contributed by atoms with Gasteiger partial charge in [-0.15, -0.1) is 0 Å². The van der Waals surface area contributed by atoms with Crippen LogP contribution in [0.1, 0.15) is 33.1 Å². The number of nitrogens with zero attached hydrogens (tertiary/aromatic N) is 1. The van der Waals surface area contributed by atoms with E-state index in [2.05, 4.69) is 5.32 Å². The average molecular weight is 270 g/mol. The van der Waals surface area contributed by atoms with Gasteiger partial charge < -0.3 is 20.1 Å². The number of fused-ring (bicyclic) bond motifs is 2. The number of amides is 2. The zero-order valence-corrected chi connectivity index (χ0v) is 11.5. The molecule has 0 spiro atoms. The SMILES string of the molecule is CCOC(C)CNC(=O)N1C2CCC1C(C(=O)O)C2. The van der Waals surface area contributed by atoms with Crippen molar-refractivity contribution in [2.45, 2.75) is 51.3 Å². The summed E-state index contributed by atoms with van der Waals surface area (Å²) in [5.74, 6) is -1.18. The van der Waals surface area contributed by atoms with Crippen molar-refractivity contribution in [1.82, 2.24) is 10.2 Å². The maximum Gasteiger partial charge on any atom is 0.318 e. The lowest BCUT2D eigenvalue weighted by atomic mass is 9.89. The van der Waals surface area contributed by atoms with Gasteiger partial charge in [-0.25, -0.2) is 4.79 Å². The second-order valence-corrected chi connectivity index (χ2v) is 5.34. The highest BCUT2D eigenvalue weighted by Gasteiger charge is 2.51. The van der Waals surface area contributed by atoms with Crippen LogP contribution in [0.15, 0.2) is 0 Å². The number of urea groups is 1. The molecule has 2 bridgehead atoms. The van der Waals surface area contributed by atoms with Crippen molar-refractivity contribution in [2.75, 3.05) is 13.2 Å². The van der Waals surface area contributed by atoms with Crippen molar-refractivity contribution < 1.29 is 19.4 Å². The van der Waals surface area contributed by atoms with Crippen LogP contribution in [-0.2, 0) is 9.53 Å². The fraction of sp³-hybridized carbons (Fsp3) is 0.846. The van der Waals surface area contributed by atoms with E-state index in [-0.39, 0.29) is 24.2 Å². The van der Waals surface area contributed by atoms with Gasteiger partial charge in [-0.05, 0) is 33.1 Å². The predicted octanol–water partition coefficient (Wildman–Crippen LogP) is 1.06. The first-order valence-electron chi connectivity index (χ1n) is 6.95. The van der Waals surface area contributed by atoms with Crippen molar-refractivity contribution in [3.63, 3.8) is 0 Å². The van der Waals surface area contributed by atoms with Crippen molar-refractivity contribution in [3.8, 4) is 0 Å². The van der Waals surface area contributed by atoms with Crippen LogP contribution in [0.25, 0.3) is 0 Å². The first-order valence-corrected chi connectivity index (χ1v) is 6.95. The lowest BCUT2D eigenvalue weighted by Gasteiger charge is -2.24. The summed E-state index contributed by atoms with van der Waals surface area (Å²) in [6.07, 6.45) is 2.29. The zero-order valence-electron chi connectivity index (χ0n) is 11.5. The van der Waals surface area contributed by atoms with Crippen molar-refractivity contribution >= 4 is 12.0 Å². The van der Waals surface area contributed by atoms with Crippen LogP contribution in [0.5, 0.6) is 0 Å². The normalized spacial score (nSPS) is 30.4. The molecular formula is C13H22N2O4. The van der Waals surface area contributed by atoms with Crippen molar-refractivity contribution in [2.24, 2.45) is 5.92 Å². The number of ether oxygens (including phenoxy) is 1. The quantitative estimate of drug-likeness (QED) is 0.783. The van der Waals surface area contributed by atoms with Crippen LogP contribution in [0.2, 0.25) is 0 Å². The number of carboxylic acid groups (broad SMARTS) is 1. The predicted molar refractivity (Wildman–Crippen MR) is 68.9 cm³/mol. The summed E-state index contributed by atoms with van der Waals surface area (Å²) >= 11 is 0. The minimum Gasteiger partial charge on any atom is -0.481 e. The first-order chi connectivity index (χ1) is 9.04. The van der Waals surface area contributed by atoms with Gasteiger partial charge in [0.25, 0.3) is 0 Å². The van der Waals surface area contributed by atoms with E-state index in [9.17, 15) is 9.59 Å². The molecule has 2 amide bonds. The lowest BCUT2D eigenvalue weighted by molar-refractivity contribution is -0.142. The molecule has 0 saturated carbocycles. The Morgan fingerprint density at radius 3 is 2.79 bits per heavy atom. The Labute approximate surface area is 113 Å². The molecule has 2 aliphatic rings. The Morgan fingerprint density at radius 1 is 1.47 bits per heavy atom. The molecule has 0 radical (unpaired) electrons. The Balaban J connectivity index is 1.88. The second kappa shape index (κ2) is 5.77. The van der Waals surface area contributed by atoms with Gasteiger partial charge in [-0.1, -0.05) is 0 Å². The maximum atomic E-state index is 12.1. The van der Waals surface area contributed by atoms with E-state index in [1.54, 1.807) is 4.90 Å². The summed E-state index contributed by atoms with van der Waals surface area (Å²) < 4.78 is 5.36. The van der Waals surface area contributed by atoms with Gasteiger partial charge >= 0.3 is 12.0 Å². The second-order valence-electron chi connectivity index (χ2n) is 5.34. The fourth-order valence-electron chi connectivity index (χ4n) is 3.24. The number of aliphatic carboxylic acids is 1. The van der Waals surface area contributed by atoms with Crippen LogP contribution in [0, 0.1) is 5.92 Å². The molecule has 0 aliphatic carbocycles. The molecule has 6 heteroatoms. The molecule has 0 aromatic carbocycles. The van der Waals surface area contributed by atoms with E-state index < -0.39 is 11.9 Å². The fourth-order valence-corrected chi connectivity index (χ4v) is 3.24. The number of carbonyl (C=O) groups is 2. The maximum absolute atomic E-state index is 12.1. The van der Waals surface area contributed by atoms with Crippen LogP contribution in [0.3, 0.4) is 0 Å². The highest BCUT2D eigenvalue weighted by molar-refractivity contribution is 5.79.